The van der Waals surface area contributed by atoms with Crippen LogP contribution in [0.1, 0.15) is 135 Å². The van der Waals surface area contributed by atoms with E-state index in [1.54, 1.807) is 27.6 Å². The molecule has 1 unspecified atom stereocenters. The van der Waals surface area contributed by atoms with Crippen LogP contribution in [-0.4, -0.2) is 85.5 Å². The molecule has 0 aliphatic carbocycles. The first-order valence-corrected chi connectivity index (χ1v) is 20.1. The monoisotopic (exact) mass is 760 g/mol. The summed E-state index contributed by atoms with van der Waals surface area (Å²) in [5.74, 6) is 0.752. The first-order chi connectivity index (χ1) is 24.3. The van der Waals surface area contributed by atoms with Gasteiger partial charge in [0.15, 0.2) is 0 Å². The lowest BCUT2D eigenvalue weighted by molar-refractivity contribution is 0.0170. The number of nitrogens with zero attached hydrogens (tertiary/aromatic N) is 2. The lowest BCUT2D eigenvalue weighted by Crippen LogP contribution is -2.42. The summed E-state index contributed by atoms with van der Waals surface area (Å²) in [5.41, 5.74) is 3.66. The minimum atomic E-state index is -0.471. The van der Waals surface area contributed by atoms with Gasteiger partial charge in [-0.15, -0.1) is 22.7 Å². The summed E-state index contributed by atoms with van der Waals surface area (Å²) in [7, 11) is 2.82. The molecule has 4 heterocycles. The van der Waals surface area contributed by atoms with Crippen LogP contribution < -0.4 is 0 Å². The van der Waals surface area contributed by atoms with Crippen molar-refractivity contribution in [2.75, 3.05) is 40.4 Å². The van der Waals surface area contributed by atoms with E-state index in [0.29, 0.717) is 42.0 Å². The Balaban J connectivity index is 0.000000280. The fourth-order valence-electron chi connectivity index (χ4n) is 6.92. The van der Waals surface area contributed by atoms with Gasteiger partial charge in [-0.05, 0) is 129 Å². The van der Waals surface area contributed by atoms with Crippen molar-refractivity contribution in [2.45, 2.75) is 118 Å². The molecular formula is C40H60N2O8S2. The topological polar surface area (TPSA) is 112 Å². The van der Waals surface area contributed by atoms with Crippen molar-refractivity contribution in [1.29, 1.82) is 0 Å². The number of ether oxygens (including phenoxy) is 4. The van der Waals surface area contributed by atoms with E-state index >= 15 is 0 Å². The SMILES string of the molecule is C/C=C(/c1scc(C(=O)OC)c1C)C1CCN(C(=O)OC(C)(C)C)CC1.CCC(c1scc(C(=O)OC)c1C)C1CCN(C(=O)OC(C)(C)C)CC1. The van der Waals surface area contributed by atoms with Crippen LogP contribution in [0, 0.1) is 25.7 Å². The Morgan fingerprint density at radius 2 is 1.21 bits per heavy atom. The highest BCUT2D eigenvalue weighted by atomic mass is 32.1. The minimum absolute atomic E-state index is 0.218. The Kier molecular flexibility index (Phi) is 15.4. The van der Waals surface area contributed by atoms with E-state index in [4.69, 9.17) is 18.9 Å². The number of methoxy groups -OCH3 is 2. The fourth-order valence-corrected chi connectivity index (χ4v) is 9.47. The molecule has 290 valence electrons. The molecule has 2 aliphatic rings. The number of rotatable bonds is 7. The molecule has 2 saturated heterocycles. The molecule has 0 N–H and O–H groups in total. The summed E-state index contributed by atoms with van der Waals surface area (Å²) in [5, 5.41) is 3.78. The zero-order chi connectivity index (χ0) is 39.0. The predicted molar refractivity (Wildman–Crippen MR) is 209 cm³/mol. The minimum Gasteiger partial charge on any atom is -0.465 e. The van der Waals surface area contributed by atoms with E-state index in [1.165, 1.54) is 24.7 Å². The van der Waals surface area contributed by atoms with Gasteiger partial charge in [-0.1, -0.05) is 13.0 Å². The summed E-state index contributed by atoms with van der Waals surface area (Å²) in [6.45, 7) is 22.4. The Bertz CT molecular complexity index is 1560. The van der Waals surface area contributed by atoms with E-state index in [2.05, 4.69) is 13.0 Å². The second-order valence-corrected chi connectivity index (χ2v) is 17.3. The lowest BCUT2D eigenvalue weighted by atomic mass is 9.80. The van der Waals surface area contributed by atoms with Gasteiger partial charge in [-0.3, -0.25) is 0 Å². The molecule has 0 spiro atoms. The molecule has 2 aromatic heterocycles. The van der Waals surface area contributed by atoms with E-state index in [0.717, 1.165) is 61.2 Å². The van der Waals surface area contributed by atoms with Crippen LogP contribution >= 0.6 is 22.7 Å². The molecule has 2 aromatic rings. The average Bonchev–Trinajstić information content (AvgIpc) is 3.66. The van der Waals surface area contributed by atoms with Gasteiger partial charge in [-0.25, -0.2) is 19.2 Å². The largest absolute Gasteiger partial charge is 0.465 e. The van der Waals surface area contributed by atoms with Crippen LogP contribution in [0.15, 0.2) is 16.8 Å². The number of hydrogen-bond acceptors (Lipinski definition) is 10. The Labute approximate surface area is 318 Å². The van der Waals surface area contributed by atoms with Crippen LogP contribution in [-0.2, 0) is 18.9 Å². The molecule has 2 aliphatic heterocycles. The molecule has 0 aromatic carbocycles. The standard InChI is InChI=1S/C20H31NO4S.C20H29NO4S/c2*1-7-15(17-13(2)16(12-26-17)18(22)24-6)14-8-10-21(11-9-14)19(23)25-20(3,4)5/h12,14-15H,7-11H2,1-6H3;7,12,14H,8-11H2,1-6H3/b;15-7+. The molecule has 1 atom stereocenters. The zero-order valence-electron chi connectivity index (χ0n) is 33.3. The highest BCUT2D eigenvalue weighted by molar-refractivity contribution is 7.11. The Hall–Kier alpha value is -3.38. The van der Waals surface area contributed by atoms with Gasteiger partial charge in [0, 0.05) is 46.7 Å². The van der Waals surface area contributed by atoms with Gasteiger partial charge < -0.3 is 28.7 Å². The smallest absolute Gasteiger partial charge is 0.410 e. The van der Waals surface area contributed by atoms with Crippen molar-refractivity contribution in [3.05, 3.63) is 48.8 Å². The van der Waals surface area contributed by atoms with Gasteiger partial charge >= 0.3 is 24.1 Å². The molecular weight excluding hydrogens is 701 g/mol. The third-order valence-electron chi connectivity index (χ3n) is 9.62. The van der Waals surface area contributed by atoms with Gasteiger partial charge in [0.1, 0.15) is 11.2 Å². The molecule has 52 heavy (non-hydrogen) atoms. The summed E-state index contributed by atoms with van der Waals surface area (Å²) < 4.78 is 20.7. The molecule has 0 bridgehead atoms. The molecule has 2 fully saturated rings. The van der Waals surface area contributed by atoms with Gasteiger partial charge in [0.2, 0.25) is 0 Å². The molecule has 2 amide bonds. The van der Waals surface area contributed by atoms with Crippen molar-refractivity contribution >= 4 is 52.4 Å². The molecule has 0 saturated carbocycles. The van der Waals surface area contributed by atoms with Crippen LogP contribution in [0.5, 0.6) is 0 Å². The highest BCUT2D eigenvalue weighted by Crippen LogP contribution is 2.41. The lowest BCUT2D eigenvalue weighted by Gasteiger charge is -2.36. The average molecular weight is 761 g/mol. The van der Waals surface area contributed by atoms with Crippen molar-refractivity contribution < 1.29 is 38.1 Å². The van der Waals surface area contributed by atoms with Crippen LogP contribution in [0.25, 0.3) is 5.57 Å². The summed E-state index contributed by atoms with van der Waals surface area (Å²) in [6.07, 6.45) is 6.41. The molecule has 10 nitrogen and oxygen atoms in total. The van der Waals surface area contributed by atoms with Crippen molar-refractivity contribution in [3.8, 4) is 0 Å². The van der Waals surface area contributed by atoms with E-state index in [1.807, 2.05) is 78.0 Å². The first-order valence-electron chi connectivity index (χ1n) is 18.3. The van der Waals surface area contributed by atoms with Gasteiger partial charge in [-0.2, -0.15) is 0 Å². The van der Waals surface area contributed by atoms with Crippen molar-refractivity contribution in [2.24, 2.45) is 11.8 Å². The van der Waals surface area contributed by atoms with Crippen LogP contribution in [0.4, 0.5) is 9.59 Å². The molecule has 0 radical (unpaired) electrons. The summed E-state index contributed by atoms with van der Waals surface area (Å²) >= 11 is 3.24. The van der Waals surface area contributed by atoms with Crippen molar-refractivity contribution in [1.82, 2.24) is 9.80 Å². The quantitative estimate of drug-likeness (QED) is 0.203. The number of esters is 2. The number of carbonyl (C=O) groups is 4. The number of carbonyl (C=O) groups excluding carboxylic acids is 4. The van der Waals surface area contributed by atoms with Gasteiger partial charge in [0.05, 0.1) is 25.3 Å². The number of likely N-dealkylation sites (tertiary alicyclic amines) is 2. The summed E-state index contributed by atoms with van der Waals surface area (Å²) in [6, 6.07) is 0. The number of piperidine rings is 2. The number of hydrogen-bond donors (Lipinski definition) is 0. The van der Waals surface area contributed by atoms with Crippen molar-refractivity contribution in [3.63, 3.8) is 0 Å². The Morgan fingerprint density at radius 3 is 1.63 bits per heavy atom. The van der Waals surface area contributed by atoms with Crippen LogP contribution in [0.3, 0.4) is 0 Å². The van der Waals surface area contributed by atoms with Crippen LogP contribution in [0.2, 0.25) is 0 Å². The Morgan fingerprint density at radius 1 is 0.769 bits per heavy atom. The highest BCUT2D eigenvalue weighted by Gasteiger charge is 2.33. The fraction of sp³-hybridized carbons (Fsp3) is 0.650. The first kappa shape index (κ1) is 43.0. The maximum Gasteiger partial charge on any atom is 0.410 e. The summed E-state index contributed by atoms with van der Waals surface area (Å²) in [4.78, 5) is 54.3. The third-order valence-corrected chi connectivity index (χ3v) is 12.0. The third kappa shape index (κ3) is 11.3. The number of allylic oxidation sites excluding steroid dienone is 2. The number of thiophene rings is 2. The van der Waals surface area contributed by atoms with E-state index in [9.17, 15) is 19.2 Å². The molecule has 4 rings (SSSR count). The molecule has 12 heteroatoms. The second kappa shape index (κ2) is 18.6. The van der Waals surface area contributed by atoms with E-state index in [-0.39, 0.29) is 24.1 Å². The maximum atomic E-state index is 12.2. The number of amides is 2. The van der Waals surface area contributed by atoms with Gasteiger partial charge in [0.25, 0.3) is 0 Å². The maximum absolute atomic E-state index is 12.2. The normalized spacial score (nSPS) is 16.8. The second-order valence-electron chi connectivity index (χ2n) is 15.5. The zero-order valence-corrected chi connectivity index (χ0v) is 34.9. The predicted octanol–water partition coefficient (Wildman–Crippen LogP) is 9.88. The van der Waals surface area contributed by atoms with E-state index < -0.39 is 11.2 Å².